The fourth-order valence-electron chi connectivity index (χ4n) is 3.59. The highest BCUT2D eigenvalue weighted by Gasteiger charge is 2.29. The highest BCUT2D eigenvalue weighted by molar-refractivity contribution is 5.83. The normalized spacial score (nSPS) is 12.1. The lowest BCUT2D eigenvalue weighted by atomic mass is 10.1. The number of methoxy groups -OCH3 is 1. The molecule has 1 aromatic rings. The minimum atomic E-state index is -1.91. The van der Waals surface area contributed by atoms with Crippen molar-refractivity contribution in [1.29, 1.82) is 0 Å². The molecule has 17 heteroatoms. The second kappa shape index (κ2) is 25.0. The first-order valence-corrected chi connectivity index (χ1v) is 15.5. The topological polar surface area (TPSA) is 149 Å². The van der Waals surface area contributed by atoms with E-state index in [0.29, 0.717) is 65.9 Å². The summed E-state index contributed by atoms with van der Waals surface area (Å²) in [5.41, 5.74) is -0.935. The van der Waals surface area contributed by atoms with Gasteiger partial charge >= 0.3 is 12.1 Å². The van der Waals surface area contributed by atoms with E-state index >= 15 is 0 Å². The van der Waals surface area contributed by atoms with Crippen LogP contribution in [0.25, 0.3) is 0 Å². The Morgan fingerprint density at radius 1 is 0.729 bits per heavy atom. The van der Waals surface area contributed by atoms with Gasteiger partial charge in [-0.2, -0.15) is 8.78 Å². The third-order valence-electron chi connectivity index (χ3n) is 5.88. The number of ether oxygens (including phenoxy) is 8. The smallest absolute Gasteiger partial charge is 0.408 e. The maximum absolute atomic E-state index is 14.0. The van der Waals surface area contributed by atoms with Crippen LogP contribution in [0.4, 0.5) is 22.4 Å². The zero-order chi connectivity index (χ0) is 35.8. The third-order valence-corrected chi connectivity index (χ3v) is 5.88. The number of hydrogen-bond donors (Lipinski definition) is 2. The number of unbranched alkanes of at least 4 members (excludes halogenated alkanes) is 1. The van der Waals surface area contributed by atoms with E-state index in [9.17, 15) is 31.9 Å². The minimum absolute atomic E-state index is 0.0315. The molecule has 0 saturated heterocycles. The fourth-order valence-corrected chi connectivity index (χ4v) is 3.59. The number of rotatable bonds is 26. The Morgan fingerprint density at radius 2 is 1.21 bits per heavy atom. The Labute approximate surface area is 278 Å². The van der Waals surface area contributed by atoms with E-state index in [1.165, 1.54) is 0 Å². The second-order valence-electron chi connectivity index (χ2n) is 11.1. The molecule has 0 aromatic heterocycles. The minimum Gasteiger partial charge on any atom is -0.444 e. The predicted octanol–water partition coefficient (Wildman–Crippen LogP) is 3.45. The first kappa shape index (κ1) is 42.9. The van der Waals surface area contributed by atoms with Crippen molar-refractivity contribution < 1.29 is 69.8 Å². The van der Waals surface area contributed by atoms with Crippen LogP contribution in [0.2, 0.25) is 0 Å². The molecule has 2 amide bonds. The molecule has 0 radical (unpaired) electrons. The number of nitrogens with one attached hydrogen (secondary N) is 2. The van der Waals surface area contributed by atoms with Crippen LogP contribution in [0, 0.1) is 23.3 Å². The first-order valence-electron chi connectivity index (χ1n) is 15.5. The number of benzene rings is 1. The van der Waals surface area contributed by atoms with Gasteiger partial charge in [0.15, 0.2) is 11.6 Å². The Morgan fingerprint density at radius 3 is 1.69 bits per heavy atom. The maximum atomic E-state index is 14.0. The summed E-state index contributed by atoms with van der Waals surface area (Å²) in [4.78, 5) is 37.0. The van der Waals surface area contributed by atoms with Gasteiger partial charge in [0, 0.05) is 26.1 Å². The molecular formula is C31H48F4N2O11. The molecule has 0 spiro atoms. The van der Waals surface area contributed by atoms with Gasteiger partial charge in [-0.25, -0.2) is 18.4 Å². The number of alkyl carbamates (subject to hydrolysis) is 1. The van der Waals surface area contributed by atoms with E-state index in [1.807, 2.05) is 0 Å². The van der Waals surface area contributed by atoms with Crippen LogP contribution in [-0.2, 0) is 42.7 Å². The average Bonchev–Trinajstić information content (AvgIpc) is 3.01. The SMILES string of the molecule is COCCOCCOCCOCCOCCOCCC(=O)NCCCC[C@H](NC(=O)OC(C)(C)C)C(=O)Oc1c(F)c(F)cc(F)c1F. The number of carbonyl (C=O) groups is 3. The summed E-state index contributed by atoms with van der Waals surface area (Å²) in [6, 6.07) is -1.52. The van der Waals surface area contributed by atoms with Crippen molar-refractivity contribution >= 4 is 18.0 Å². The van der Waals surface area contributed by atoms with Gasteiger partial charge < -0.3 is 48.5 Å². The Balaban J connectivity index is 2.24. The Bertz CT molecular complexity index is 1070. The molecule has 0 fully saturated rings. The molecule has 2 N–H and O–H groups in total. The molecule has 0 unspecified atom stereocenters. The quantitative estimate of drug-likeness (QED) is 0.0482. The van der Waals surface area contributed by atoms with Crippen molar-refractivity contribution in [3.05, 3.63) is 29.3 Å². The molecule has 1 rings (SSSR count). The van der Waals surface area contributed by atoms with E-state index in [0.717, 1.165) is 0 Å². The summed E-state index contributed by atoms with van der Waals surface area (Å²) >= 11 is 0. The maximum Gasteiger partial charge on any atom is 0.408 e. The zero-order valence-corrected chi connectivity index (χ0v) is 28.0. The Kier molecular flexibility index (Phi) is 22.3. The molecule has 276 valence electrons. The molecule has 13 nitrogen and oxygen atoms in total. The lowest BCUT2D eigenvalue weighted by Crippen LogP contribution is -2.45. The van der Waals surface area contributed by atoms with Gasteiger partial charge in [0.2, 0.25) is 23.3 Å². The molecule has 0 heterocycles. The first-order chi connectivity index (χ1) is 22.9. The van der Waals surface area contributed by atoms with Gasteiger partial charge in [-0.05, 0) is 40.0 Å². The monoisotopic (exact) mass is 700 g/mol. The van der Waals surface area contributed by atoms with Gasteiger partial charge in [-0.15, -0.1) is 0 Å². The van der Waals surface area contributed by atoms with Gasteiger partial charge in [0.1, 0.15) is 11.6 Å². The van der Waals surface area contributed by atoms with E-state index in [4.69, 9.17) is 33.2 Å². The highest BCUT2D eigenvalue weighted by Crippen LogP contribution is 2.27. The lowest BCUT2D eigenvalue weighted by molar-refractivity contribution is -0.137. The van der Waals surface area contributed by atoms with E-state index in [2.05, 4.69) is 15.4 Å². The van der Waals surface area contributed by atoms with Gasteiger partial charge in [-0.3, -0.25) is 4.79 Å². The third kappa shape index (κ3) is 20.3. The summed E-state index contributed by atoms with van der Waals surface area (Å²) in [5, 5.41) is 4.91. The molecule has 0 aliphatic carbocycles. The van der Waals surface area contributed by atoms with Crippen molar-refractivity contribution in [1.82, 2.24) is 10.6 Å². The largest absolute Gasteiger partial charge is 0.444 e. The van der Waals surface area contributed by atoms with Gasteiger partial charge in [0.05, 0.1) is 72.7 Å². The van der Waals surface area contributed by atoms with Crippen molar-refractivity contribution in [3.8, 4) is 5.75 Å². The molecule has 1 atom stereocenters. The predicted molar refractivity (Wildman–Crippen MR) is 163 cm³/mol. The van der Waals surface area contributed by atoms with Gasteiger partial charge in [0.25, 0.3) is 0 Å². The number of carbonyl (C=O) groups excluding carboxylic acids is 3. The van der Waals surface area contributed by atoms with Crippen LogP contribution < -0.4 is 15.4 Å². The van der Waals surface area contributed by atoms with Crippen LogP contribution >= 0.6 is 0 Å². The van der Waals surface area contributed by atoms with Crippen LogP contribution in [0.5, 0.6) is 5.75 Å². The molecule has 1 aromatic carbocycles. The van der Waals surface area contributed by atoms with Crippen LogP contribution in [0.1, 0.15) is 46.5 Å². The lowest BCUT2D eigenvalue weighted by Gasteiger charge is -2.23. The number of halogens is 4. The summed E-state index contributed by atoms with van der Waals surface area (Å²) in [6.07, 6.45) is -0.471. The number of hydrogen-bond acceptors (Lipinski definition) is 11. The fraction of sp³-hybridized carbons (Fsp3) is 0.710. The number of esters is 1. The van der Waals surface area contributed by atoms with Crippen LogP contribution in [0.3, 0.4) is 0 Å². The van der Waals surface area contributed by atoms with Crippen LogP contribution in [-0.4, -0.2) is 116 Å². The average molecular weight is 701 g/mol. The van der Waals surface area contributed by atoms with E-state index in [1.54, 1.807) is 27.9 Å². The Hall–Kier alpha value is -3.09. The molecule has 48 heavy (non-hydrogen) atoms. The van der Waals surface area contributed by atoms with Crippen molar-refractivity contribution in [2.24, 2.45) is 0 Å². The molecule has 0 saturated carbocycles. The highest BCUT2D eigenvalue weighted by atomic mass is 19.2. The zero-order valence-electron chi connectivity index (χ0n) is 28.0. The van der Waals surface area contributed by atoms with Crippen molar-refractivity contribution in [3.63, 3.8) is 0 Å². The summed E-state index contributed by atoms with van der Waals surface area (Å²) in [7, 11) is 1.61. The van der Waals surface area contributed by atoms with Crippen molar-refractivity contribution in [2.45, 2.75) is 58.1 Å². The summed E-state index contributed by atoms with van der Waals surface area (Å²) < 4.78 is 96.5. The van der Waals surface area contributed by atoms with Crippen molar-refractivity contribution in [2.75, 3.05) is 86.3 Å². The van der Waals surface area contributed by atoms with E-state index in [-0.39, 0.29) is 51.0 Å². The molecule has 0 bridgehead atoms. The van der Waals surface area contributed by atoms with Gasteiger partial charge in [-0.1, -0.05) is 0 Å². The molecule has 0 aliphatic heterocycles. The standard InChI is InChI=1S/C31H48F4N2O11/c1-31(2,3)48-30(40)37-24(29(39)47-28-26(34)22(32)21-23(33)27(28)35)7-5-6-9-36-25(38)8-10-42-13-14-44-17-18-46-20-19-45-16-15-43-12-11-41-4/h21,24H,5-20H2,1-4H3,(H,36,38)(H,37,40)/t24-/m0/s1. The molecule has 0 aliphatic rings. The molecular weight excluding hydrogens is 652 g/mol. The summed E-state index contributed by atoms with van der Waals surface area (Å²) in [5.74, 6) is -10.6. The summed E-state index contributed by atoms with van der Waals surface area (Å²) in [6.45, 7) is 9.42. The van der Waals surface area contributed by atoms with Crippen LogP contribution in [0.15, 0.2) is 6.07 Å². The van der Waals surface area contributed by atoms with E-state index < -0.39 is 52.7 Å². The number of amides is 2. The second-order valence-corrected chi connectivity index (χ2v) is 11.1.